The number of carbonyl (C=O) groups excluding carboxylic acids is 1. The molecule has 45 heavy (non-hydrogen) atoms. The number of aliphatic carboxylic acids is 1. The minimum absolute atomic E-state index is 0.00560. The highest BCUT2D eigenvalue weighted by Crippen LogP contribution is 2.51. The second-order valence-corrected chi connectivity index (χ2v) is 14.2. The van der Waals surface area contributed by atoms with Crippen LogP contribution in [0.1, 0.15) is 61.6 Å². The smallest absolute Gasteiger partial charge is 0.307 e. The van der Waals surface area contributed by atoms with Crippen LogP contribution in [0.25, 0.3) is 16.3 Å². The standard InChI is InChI=1S/C35H37Cl2N3O3S2/c1-3-27-28-20-24(36)9-13-30(28)44-32(27)22-34-40(29-21-25(37)10-14-31(29)45-34)17-6-5-16-38-33(41)15-18-39(4-2)26-11-7-23(8-12-26)19-35(42)43/h7-14,20-22,27H,3-6,15-19H2,1-2H3,(H-,38,41,42,43)/p+1/b32-22-. The molecule has 1 aliphatic heterocycles. The number of hydrogen-bond donors (Lipinski definition) is 2. The summed E-state index contributed by atoms with van der Waals surface area (Å²) in [6, 6.07) is 19.8. The molecule has 1 aliphatic rings. The number of amides is 1. The number of nitrogens with one attached hydrogen (secondary N) is 1. The number of thiazole rings is 1. The van der Waals surface area contributed by atoms with Gasteiger partial charge in [0.2, 0.25) is 11.4 Å². The molecule has 1 atom stereocenters. The molecule has 1 unspecified atom stereocenters. The number of halogens is 2. The zero-order valence-corrected chi connectivity index (χ0v) is 28.7. The van der Waals surface area contributed by atoms with E-state index in [1.54, 1.807) is 11.3 Å². The maximum Gasteiger partial charge on any atom is 0.307 e. The summed E-state index contributed by atoms with van der Waals surface area (Å²) in [7, 11) is 0. The van der Waals surface area contributed by atoms with Gasteiger partial charge in [0.25, 0.3) is 5.01 Å². The molecule has 236 valence electrons. The van der Waals surface area contributed by atoms with Crippen molar-refractivity contribution in [3.8, 4) is 0 Å². The summed E-state index contributed by atoms with van der Waals surface area (Å²) in [6.07, 6.45) is 5.54. The van der Waals surface area contributed by atoms with E-state index in [0.717, 1.165) is 59.2 Å². The molecule has 0 fully saturated rings. The van der Waals surface area contributed by atoms with E-state index < -0.39 is 5.97 Å². The Morgan fingerprint density at radius 2 is 1.78 bits per heavy atom. The Kier molecular flexibility index (Phi) is 11.5. The van der Waals surface area contributed by atoms with Crippen LogP contribution in [0.4, 0.5) is 5.69 Å². The normalized spacial score (nSPS) is 15.0. The number of carboxylic acid groups (broad SMARTS) is 1. The lowest BCUT2D eigenvalue weighted by Gasteiger charge is -2.23. The van der Waals surface area contributed by atoms with E-state index in [1.807, 2.05) is 54.2 Å². The van der Waals surface area contributed by atoms with E-state index in [9.17, 15) is 9.59 Å². The van der Waals surface area contributed by atoms with Gasteiger partial charge in [-0.05, 0) is 73.4 Å². The third-order valence-electron chi connectivity index (χ3n) is 8.06. The lowest BCUT2D eigenvalue weighted by Crippen LogP contribution is -2.36. The third kappa shape index (κ3) is 8.41. The van der Waals surface area contributed by atoms with Crippen molar-refractivity contribution in [1.29, 1.82) is 0 Å². The van der Waals surface area contributed by atoms with Gasteiger partial charge in [0.1, 0.15) is 4.70 Å². The first kappa shape index (κ1) is 33.3. The predicted molar refractivity (Wildman–Crippen MR) is 188 cm³/mol. The largest absolute Gasteiger partial charge is 0.481 e. The Hall–Kier alpha value is -3.04. The fraction of sp³-hybridized carbons (Fsp3) is 0.343. The number of fused-ring (bicyclic) bond motifs is 2. The summed E-state index contributed by atoms with van der Waals surface area (Å²) in [5.74, 6) is -0.478. The summed E-state index contributed by atoms with van der Waals surface area (Å²) in [5, 5.41) is 14.8. The zero-order chi connectivity index (χ0) is 31.9. The summed E-state index contributed by atoms with van der Waals surface area (Å²) in [6.45, 7) is 7.09. The number of aromatic nitrogens is 1. The van der Waals surface area contributed by atoms with Gasteiger partial charge in [-0.3, -0.25) is 9.59 Å². The fourth-order valence-electron chi connectivity index (χ4n) is 5.74. The van der Waals surface area contributed by atoms with E-state index in [-0.39, 0.29) is 12.3 Å². The van der Waals surface area contributed by atoms with Crippen molar-refractivity contribution in [3.05, 3.63) is 91.7 Å². The third-order valence-corrected chi connectivity index (χ3v) is 10.9. The van der Waals surface area contributed by atoms with E-state index in [1.165, 1.54) is 25.1 Å². The highest BCUT2D eigenvalue weighted by atomic mass is 35.5. The number of rotatable bonds is 14. The minimum atomic E-state index is -0.845. The van der Waals surface area contributed by atoms with Crippen molar-refractivity contribution in [2.24, 2.45) is 0 Å². The molecule has 0 saturated heterocycles. The van der Waals surface area contributed by atoms with E-state index in [0.29, 0.717) is 25.4 Å². The molecule has 5 rings (SSSR count). The summed E-state index contributed by atoms with van der Waals surface area (Å²) in [4.78, 5) is 28.3. The molecule has 1 aromatic heterocycles. The zero-order valence-electron chi connectivity index (χ0n) is 25.5. The molecule has 6 nitrogen and oxygen atoms in total. The molecule has 0 bridgehead atoms. The monoisotopic (exact) mass is 682 g/mol. The van der Waals surface area contributed by atoms with Gasteiger partial charge >= 0.3 is 5.97 Å². The lowest BCUT2D eigenvalue weighted by molar-refractivity contribution is -0.669. The first-order valence-corrected chi connectivity index (χ1v) is 17.8. The average Bonchev–Trinajstić information content (AvgIpc) is 3.53. The number of aryl methyl sites for hydroxylation is 1. The van der Waals surface area contributed by atoms with Crippen LogP contribution in [0.2, 0.25) is 10.0 Å². The lowest BCUT2D eigenvalue weighted by atomic mass is 9.96. The van der Waals surface area contributed by atoms with Gasteiger partial charge in [-0.15, -0.1) is 0 Å². The molecule has 1 amide bonds. The van der Waals surface area contributed by atoms with Crippen LogP contribution in [0.15, 0.2) is 70.5 Å². The number of nitrogens with zero attached hydrogens (tertiary/aromatic N) is 2. The van der Waals surface area contributed by atoms with E-state index in [2.05, 4.69) is 52.9 Å². The van der Waals surface area contributed by atoms with Crippen LogP contribution >= 0.6 is 46.3 Å². The Labute approximate surface area is 283 Å². The first-order chi connectivity index (χ1) is 21.7. The second kappa shape index (κ2) is 15.5. The maximum atomic E-state index is 12.7. The van der Waals surface area contributed by atoms with Crippen LogP contribution in [0.5, 0.6) is 0 Å². The van der Waals surface area contributed by atoms with Crippen molar-refractivity contribution >= 4 is 80.2 Å². The number of thioether (sulfide) groups is 1. The Morgan fingerprint density at radius 1 is 1.02 bits per heavy atom. The molecule has 4 aromatic rings. The highest BCUT2D eigenvalue weighted by Gasteiger charge is 2.29. The fourth-order valence-corrected chi connectivity index (χ4v) is 8.60. The topological polar surface area (TPSA) is 73.5 Å². The van der Waals surface area contributed by atoms with Gasteiger partial charge in [0.05, 0.1) is 6.42 Å². The highest BCUT2D eigenvalue weighted by molar-refractivity contribution is 8.03. The quantitative estimate of drug-likeness (QED) is 0.103. The molecular weight excluding hydrogens is 645 g/mol. The van der Waals surface area contributed by atoms with Crippen LogP contribution < -0.4 is 14.8 Å². The predicted octanol–water partition coefficient (Wildman–Crippen LogP) is 8.58. The van der Waals surface area contributed by atoms with Crippen molar-refractivity contribution in [1.82, 2.24) is 5.32 Å². The number of carbonyl (C=O) groups is 2. The number of benzene rings is 3. The second-order valence-electron chi connectivity index (χ2n) is 11.1. The average molecular weight is 684 g/mol. The Morgan fingerprint density at radius 3 is 2.51 bits per heavy atom. The number of unbranched alkanes of at least 4 members (excludes halogenated alkanes) is 1. The van der Waals surface area contributed by atoms with Gasteiger partial charge in [0, 0.05) is 76.1 Å². The van der Waals surface area contributed by atoms with Crippen LogP contribution in [0, 0.1) is 0 Å². The molecule has 0 saturated carbocycles. The van der Waals surface area contributed by atoms with Gasteiger partial charge in [-0.2, -0.15) is 4.57 Å². The summed E-state index contributed by atoms with van der Waals surface area (Å²) < 4.78 is 3.57. The van der Waals surface area contributed by atoms with Crippen molar-refractivity contribution in [3.63, 3.8) is 0 Å². The van der Waals surface area contributed by atoms with Gasteiger partial charge in [-0.25, -0.2) is 0 Å². The Bertz CT molecular complexity index is 1700. The van der Waals surface area contributed by atoms with Crippen molar-refractivity contribution in [2.45, 2.75) is 63.3 Å². The van der Waals surface area contributed by atoms with E-state index in [4.69, 9.17) is 28.3 Å². The molecule has 0 radical (unpaired) electrons. The maximum absolute atomic E-state index is 12.7. The van der Waals surface area contributed by atoms with Crippen molar-refractivity contribution in [2.75, 3.05) is 24.5 Å². The molecule has 10 heteroatoms. The molecule has 3 aromatic carbocycles. The number of carboxylic acids is 1. The van der Waals surface area contributed by atoms with Gasteiger partial charge in [-0.1, -0.05) is 65.4 Å². The molecule has 0 spiro atoms. The molecule has 0 aliphatic carbocycles. The SMILES string of the molecule is CCC1/C(=C/c2sc3ccc(Cl)cc3[n+]2CCCCNC(=O)CCN(CC)c2ccc(CC(=O)O)cc2)Sc2ccc(Cl)cc21. The van der Waals surface area contributed by atoms with Crippen LogP contribution in [-0.2, 0) is 22.6 Å². The summed E-state index contributed by atoms with van der Waals surface area (Å²) in [5.41, 5.74) is 4.19. The van der Waals surface area contributed by atoms with Crippen molar-refractivity contribution < 1.29 is 19.3 Å². The Balaban J connectivity index is 1.17. The van der Waals surface area contributed by atoms with Crippen LogP contribution in [0.3, 0.4) is 0 Å². The van der Waals surface area contributed by atoms with Crippen LogP contribution in [-0.4, -0.2) is 36.6 Å². The van der Waals surface area contributed by atoms with Gasteiger partial charge < -0.3 is 15.3 Å². The number of anilines is 1. The molecule has 2 heterocycles. The minimum Gasteiger partial charge on any atom is -0.481 e. The molecule has 2 N–H and O–H groups in total. The van der Waals surface area contributed by atoms with Gasteiger partial charge in [0.15, 0.2) is 6.54 Å². The molecular formula is C35H38Cl2N3O3S2+. The number of allylic oxidation sites excluding steroid dienone is 1. The van der Waals surface area contributed by atoms with E-state index >= 15 is 0 Å². The number of hydrogen-bond acceptors (Lipinski definition) is 5. The summed E-state index contributed by atoms with van der Waals surface area (Å²) >= 11 is 16.4. The first-order valence-electron chi connectivity index (χ1n) is 15.4.